The molecule has 1 saturated heterocycles. The van der Waals surface area contributed by atoms with Gasteiger partial charge in [-0.3, -0.25) is 4.79 Å². The van der Waals surface area contributed by atoms with E-state index in [9.17, 15) is 4.79 Å². The molecular formula is C23H24N4O2. The summed E-state index contributed by atoms with van der Waals surface area (Å²) < 4.78 is 8.33. The molecule has 2 aromatic heterocycles. The first kappa shape index (κ1) is 18.1. The van der Waals surface area contributed by atoms with Crippen molar-refractivity contribution in [1.82, 2.24) is 14.8 Å². The number of ether oxygens (including phenoxy) is 1. The van der Waals surface area contributed by atoms with E-state index in [1.165, 1.54) is 5.56 Å². The zero-order valence-electron chi connectivity index (χ0n) is 16.5. The van der Waals surface area contributed by atoms with E-state index in [2.05, 4.69) is 28.2 Å². The third-order valence-corrected chi connectivity index (χ3v) is 6.04. The molecule has 0 aliphatic carbocycles. The lowest BCUT2D eigenvalue weighted by Crippen LogP contribution is -2.47. The van der Waals surface area contributed by atoms with Gasteiger partial charge in [0.2, 0.25) is 0 Å². The second kappa shape index (κ2) is 7.12. The van der Waals surface area contributed by atoms with Crippen molar-refractivity contribution in [2.45, 2.75) is 31.8 Å². The van der Waals surface area contributed by atoms with Gasteiger partial charge in [0.05, 0.1) is 18.0 Å². The predicted molar refractivity (Wildman–Crippen MR) is 111 cm³/mol. The molecule has 2 aliphatic heterocycles. The fraction of sp³-hybridized carbons (Fsp3) is 0.348. The third kappa shape index (κ3) is 3.23. The van der Waals surface area contributed by atoms with E-state index in [-0.39, 0.29) is 11.4 Å². The summed E-state index contributed by atoms with van der Waals surface area (Å²) in [7, 11) is 0. The number of benzene rings is 1. The standard InChI is InChI=1S/C23H24N4O2/c1-17(28)18-7-11-24-21(15-18)26-12-9-23(10-13-26)22-19(8-14-29-23)16-27(25-22)20-5-3-2-4-6-20/h2-7,11,15-16H,8-10,12-14H2,1H3. The van der Waals surface area contributed by atoms with Crippen LogP contribution in [-0.2, 0) is 16.8 Å². The number of ketones is 1. The van der Waals surface area contributed by atoms with Crippen LogP contribution in [0.1, 0.15) is 41.4 Å². The van der Waals surface area contributed by atoms with Gasteiger partial charge in [0, 0.05) is 31.0 Å². The Morgan fingerprint density at radius 3 is 2.69 bits per heavy atom. The Morgan fingerprint density at radius 2 is 1.93 bits per heavy atom. The highest BCUT2D eigenvalue weighted by molar-refractivity contribution is 5.94. The van der Waals surface area contributed by atoms with Gasteiger partial charge in [-0.15, -0.1) is 0 Å². The summed E-state index contributed by atoms with van der Waals surface area (Å²) in [6.45, 7) is 3.97. The molecule has 0 saturated carbocycles. The zero-order valence-corrected chi connectivity index (χ0v) is 16.5. The van der Waals surface area contributed by atoms with Gasteiger partial charge < -0.3 is 9.64 Å². The SMILES string of the molecule is CC(=O)c1ccnc(N2CCC3(CC2)OCCc2cn(-c4ccccc4)nc23)c1. The van der Waals surface area contributed by atoms with E-state index >= 15 is 0 Å². The van der Waals surface area contributed by atoms with Crippen LogP contribution in [0.3, 0.4) is 0 Å². The van der Waals surface area contributed by atoms with Crippen LogP contribution in [0.25, 0.3) is 5.69 Å². The summed E-state index contributed by atoms with van der Waals surface area (Å²) in [5.41, 5.74) is 3.80. The number of pyridine rings is 1. The van der Waals surface area contributed by atoms with Crippen LogP contribution in [0, 0.1) is 0 Å². The van der Waals surface area contributed by atoms with Crippen molar-refractivity contribution < 1.29 is 9.53 Å². The average molecular weight is 388 g/mol. The maximum Gasteiger partial charge on any atom is 0.159 e. The summed E-state index contributed by atoms with van der Waals surface area (Å²) in [4.78, 5) is 18.4. The molecule has 2 aliphatic rings. The molecule has 5 rings (SSSR count). The highest BCUT2D eigenvalue weighted by atomic mass is 16.5. The quantitative estimate of drug-likeness (QED) is 0.643. The molecule has 1 spiro atoms. The van der Waals surface area contributed by atoms with Gasteiger partial charge >= 0.3 is 0 Å². The Bertz CT molecular complexity index is 1040. The Labute approximate surface area is 170 Å². The lowest BCUT2D eigenvalue weighted by Gasteiger charge is -2.43. The molecule has 1 fully saturated rings. The first-order valence-electron chi connectivity index (χ1n) is 10.1. The number of para-hydroxylation sites is 1. The number of piperidine rings is 1. The van der Waals surface area contributed by atoms with Gasteiger partial charge in [0.15, 0.2) is 5.78 Å². The van der Waals surface area contributed by atoms with Crippen molar-refractivity contribution in [3.8, 4) is 5.69 Å². The molecular weight excluding hydrogens is 364 g/mol. The predicted octanol–water partition coefficient (Wildman–Crippen LogP) is 3.54. The van der Waals surface area contributed by atoms with Crippen LogP contribution in [0.5, 0.6) is 0 Å². The molecule has 6 nitrogen and oxygen atoms in total. The van der Waals surface area contributed by atoms with E-state index in [0.29, 0.717) is 5.56 Å². The Hall–Kier alpha value is -2.99. The minimum atomic E-state index is -0.331. The number of rotatable bonds is 3. The number of hydrogen-bond acceptors (Lipinski definition) is 5. The molecule has 0 bridgehead atoms. The summed E-state index contributed by atoms with van der Waals surface area (Å²) in [6.07, 6.45) is 6.48. The molecule has 1 aromatic carbocycles. The largest absolute Gasteiger partial charge is 0.368 e. The molecule has 3 aromatic rings. The van der Waals surface area contributed by atoms with Gasteiger partial charge in [-0.2, -0.15) is 5.10 Å². The fourth-order valence-corrected chi connectivity index (χ4v) is 4.40. The van der Waals surface area contributed by atoms with E-state index in [1.807, 2.05) is 28.9 Å². The Balaban J connectivity index is 1.40. The van der Waals surface area contributed by atoms with Crippen molar-refractivity contribution in [3.05, 3.63) is 71.7 Å². The summed E-state index contributed by atoms with van der Waals surface area (Å²) in [5, 5.41) is 4.95. The van der Waals surface area contributed by atoms with Crippen LogP contribution in [-0.4, -0.2) is 40.2 Å². The highest BCUT2D eigenvalue weighted by Crippen LogP contribution is 2.41. The number of Topliss-reactive ketones (excluding diaryl/α,β-unsaturated/α-hetero) is 1. The fourth-order valence-electron chi connectivity index (χ4n) is 4.40. The van der Waals surface area contributed by atoms with Gasteiger partial charge in [-0.25, -0.2) is 9.67 Å². The molecule has 29 heavy (non-hydrogen) atoms. The molecule has 0 N–H and O–H groups in total. The maximum absolute atomic E-state index is 11.7. The van der Waals surface area contributed by atoms with Crippen molar-refractivity contribution in [1.29, 1.82) is 0 Å². The van der Waals surface area contributed by atoms with Crippen LogP contribution in [0.15, 0.2) is 54.9 Å². The summed E-state index contributed by atoms with van der Waals surface area (Å²) in [5.74, 6) is 0.923. The third-order valence-electron chi connectivity index (χ3n) is 6.04. The van der Waals surface area contributed by atoms with Crippen molar-refractivity contribution in [3.63, 3.8) is 0 Å². The number of aromatic nitrogens is 3. The summed E-state index contributed by atoms with van der Waals surface area (Å²) >= 11 is 0. The lowest BCUT2D eigenvalue weighted by atomic mass is 9.84. The van der Waals surface area contributed by atoms with Gasteiger partial charge in [-0.1, -0.05) is 18.2 Å². The second-order valence-corrected chi connectivity index (χ2v) is 7.82. The maximum atomic E-state index is 11.7. The second-order valence-electron chi connectivity index (χ2n) is 7.82. The van der Waals surface area contributed by atoms with Gasteiger partial charge in [0.25, 0.3) is 0 Å². The smallest absolute Gasteiger partial charge is 0.159 e. The Morgan fingerprint density at radius 1 is 1.14 bits per heavy atom. The van der Waals surface area contributed by atoms with Crippen LogP contribution in [0.4, 0.5) is 5.82 Å². The number of hydrogen-bond donors (Lipinski definition) is 0. The topological polar surface area (TPSA) is 60.3 Å². The number of carbonyl (C=O) groups excluding carboxylic acids is 1. The van der Waals surface area contributed by atoms with E-state index in [0.717, 1.165) is 56.2 Å². The molecule has 0 atom stereocenters. The molecule has 0 amide bonds. The van der Waals surface area contributed by atoms with Crippen molar-refractivity contribution >= 4 is 11.6 Å². The highest BCUT2D eigenvalue weighted by Gasteiger charge is 2.43. The molecule has 0 radical (unpaired) electrons. The Kier molecular flexibility index (Phi) is 4.43. The molecule has 148 valence electrons. The van der Waals surface area contributed by atoms with E-state index in [1.54, 1.807) is 19.2 Å². The average Bonchev–Trinajstić information content (AvgIpc) is 3.21. The summed E-state index contributed by atoms with van der Waals surface area (Å²) in [6, 6.07) is 13.9. The number of anilines is 1. The van der Waals surface area contributed by atoms with Gasteiger partial charge in [-0.05, 0) is 56.0 Å². The van der Waals surface area contributed by atoms with Crippen molar-refractivity contribution in [2.75, 3.05) is 24.6 Å². The lowest BCUT2D eigenvalue weighted by molar-refractivity contribution is -0.0797. The first-order valence-corrected chi connectivity index (χ1v) is 10.1. The van der Waals surface area contributed by atoms with Crippen LogP contribution >= 0.6 is 0 Å². The number of nitrogens with zero attached hydrogens (tertiary/aromatic N) is 4. The van der Waals surface area contributed by atoms with Crippen molar-refractivity contribution in [2.24, 2.45) is 0 Å². The molecule has 4 heterocycles. The first-order chi connectivity index (χ1) is 14.1. The monoisotopic (exact) mass is 388 g/mol. The van der Waals surface area contributed by atoms with Crippen LogP contribution in [0.2, 0.25) is 0 Å². The normalized spacial score (nSPS) is 17.9. The van der Waals surface area contributed by atoms with Crippen LogP contribution < -0.4 is 4.90 Å². The van der Waals surface area contributed by atoms with E-state index in [4.69, 9.17) is 9.84 Å². The minimum absolute atomic E-state index is 0.0637. The van der Waals surface area contributed by atoms with Gasteiger partial charge in [0.1, 0.15) is 11.4 Å². The van der Waals surface area contributed by atoms with E-state index < -0.39 is 0 Å². The minimum Gasteiger partial charge on any atom is -0.368 e. The molecule has 0 unspecified atom stereocenters. The zero-order chi connectivity index (χ0) is 19.8. The number of fused-ring (bicyclic) bond motifs is 2. The number of carbonyl (C=O) groups is 1. The molecule has 6 heteroatoms.